The van der Waals surface area contributed by atoms with Crippen molar-refractivity contribution in [3.63, 3.8) is 0 Å². The van der Waals surface area contributed by atoms with Crippen LogP contribution >= 0.6 is 11.6 Å². The summed E-state index contributed by atoms with van der Waals surface area (Å²) in [5.74, 6) is 0.422. The van der Waals surface area contributed by atoms with E-state index in [0.717, 1.165) is 32.2 Å². The molecule has 0 saturated carbocycles. The molecular formula is C32H48ClNO3. The quantitative estimate of drug-likeness (QED) is 0.117. The van der Waals surface area contributed by atoms with Crippen LogP contribution < -0.4 is 0 Å². The minimum Gasteiger partial charge on any atom is -0.460 e. The molecule has 0 fully saturated rings. The summed E-state index contributed by atoms with van der Waals surface area (Å²) >= 11 is 6.16. The van der Waals surface area contributed by atoms with E-state index in [0.29, 0.717) is 18.9 Å². The van der Waals surface area contributed by atoms with Gasteiger partial charge in [-0.05, 0) is 58.1 Å². The van der Waals surface area contributed by atoms with Crippen LogP contribution in [0.4, 0.5) is 0 Å². The highest BCUT2D eigenvalue weighted by Gasteiger charge is 2.31. The number of carbonyl (C=O) groups is 1. The van der Waals surface area contributed by atoms with Crippen molar-refractivity contribution in [1.29, 1.82) is 0 Å². The first-order valence-corrected chi connectivity index (χ1v) is 14.5. The largest absolute Gasteiger partial charge is 0.460 e. The van der Waals surface area contributed by atoms with Crippen LogP contribution in [0.1, 0.15) is 96.7 Å². The maximum absolute atomic E-state index is 13.1. The Labute approximate surface area is 230 Å². The number of esters is 1. The second-order valence-electron chi connectivity index (χ2n) is 11.0. The number of benzene rings is 2. The molecule has 2 rings (SSSR count). The lowest BCUT2D eigenvalue weighted by molar-refractivity contribution is -0.157. The fourth-order valence-corrected chi connectivity index (χ4v) is 4.87. The Morgan fingerprint density at radius 2 is 1.62 bits per heavy atom. The average Bonchev–Trinajstić information content (AvgIpc) is 2.87. The SMILES string of the molecule is CCCCC[C@@H](C[C@@H](CC(=O)OC(C)(C)C)N(CCCCl)[C@@H](C)c1ccccc1)OCc1ccccc1. The Bertz CT molecular complexity index is 869. The summed E-state index contributed by atoms with van der Waals surface area (Å²) in [5.41, 5.74) is 1.89. The number of carbonyl (C=O) groups excluding carboxylic acids is 1. The summed E-state index contributed by atoms with van der Waals surface area (Å²) < 4.78 is 12.3. The van der Waals surface area contributed by atoms with Crippen LogP contribution in [0.2, 0.25) is 0 Å². The second-order valence-corrected chi connectivity index (χ2v) is 11.3. The molecule has 4 nitrogen and oxygen atoms in total. The first-order valence-electron chi connectivity index (χ1n) is 14.0. The van der Waals surface area contributed by atoms with Gasteiger partial charge < -0.3 is 9.47 Å². The number of unbranched alkanes of at least 4 members (excludes halogenated alkanes) is 2. The van der Waals surface area contributed by atoms with Gasteiger partial charge in [0.05, 0.1) is 19.1 Å². The summed E-state index contributed by atoms with van der Waals surface area (Å²) in [5, 5.41) is 0. The molecule has 0 unspecified atom stereocenters. The highest BCUT2D eigenvalue weighted by molar-refractivity contribution is 6.17. The van der Waals surface area contributed by atoms with Gasteiger partial charge in [-0.25, -0.2) is 0 Å². The molecule has 206 valence electrons. The molecule has 37 heavy (non-hydrogen) atoms. The topological polar surface area (TPSA) is 38.8 Å². The molecule has 0 spiro atoms. The Kier molecular flexibility index (Phi) is 14.3. The van der Waals surface area contributed by atoms with E-state index in [2.05, 4.69) is 55.1 Å². The zero-order valence-corrected chi connectivity index (χ0v) is 24.4. The summed E-state index contributed by atoms with van der Waals surface area (Å²) in [6.45, 7) is 11.6. The van der Waals surface area contributed by atoms with Crippen molar-refractivity contribution in [2.45, 2.75) is 110 Å². The van der Waals surface area contributed by atoms with Crippen molar-refractivity contribution >= 4 is 17.6 Å². The van der Waals surface area contributed by atoms with E-state index in [1.54, 1.807) is 0 Å². The van der Waals surface area contributed by atoms with Crippen LogP contribution in [0, 0.1) is 0 Å². The van der Waals surface area contributed by atoms with Crippen molar-refractivity contribution in [2.75, 3.05) is 12.4 Å². The maximum Gasteiger partial charge on any atom is 0.307 e. The standard InChI is InChI=1S/C32H48ClNO3/c1-6-7-10-20-30(36-25-27-16-11-8-12-17-27)23-29(24-31(35)37-32(3,4)5)34(22-15-21-33)26(2)28-18-13-9-14-19-28/h8-9,11-14,16-19,26,29-30H,6-7,10,15,20-25H2,1-5H3/t26-,29-,30-/m0/s1. The molecular weight excluding hydrogens is 482 g/mol. The Hall–Kier alpha value is -1.88. The maximum atomic E-state index is 13.1. The van der Waals surface area contributed by atoms with Gasteiger partial charge in [0.15, 0.2) is 0 Å². The minimum atomic E-state index is -0.516. The number of rotatable bonds is 17. The monoisotopic (exact) mass is 529 g/mol. The highest BCUT2D eigenvalue weighted by Crippen LogP contribution is 2.29. The smallest absolute Gasteiger partial charge is 0.307 e. The molecule has 0 amide bonds. The number of hydrogen-bond donors (Lipinski definition) is 0. The fourth-order valence-electron chi connectivity index (χ4n) is 4.75. The molecule has 2 aromatic carbocycles. The molecule has 0 N–H and O–H groups in total. The predicted octanol–water partition coefficient (Wildman–Crippen LogP) is 8.33. The van der Waals surface area contributed by atoms with Gasteiger partial charge in [0.1, 0.15) is 5.60 Å². The molecule has 0 saturated heterocycles. The molecule has 0 heterocycles. The van der Waals surface area contributed by atoms with E-state index in [-0.39, 0.29) is 24.2 Å². The van der Waals surface area contributed by atoms with Gasteiger partial charge in [-0.2, -0.15) is 0 Å². The van der Waals surface area contributed by atoms with Crippen molar-refractivity contribution in [1.82, 2.24) is 4.90 Å². The molecule has 2 aromatic rings. The minimum absolute atomic E-state index is 0.0179. The van der Waals surface area contributed by atoms with E-state index in [1.165, 1.54) is 24.0 Å². The third kappa shape index (κ3) is 12.5. The van der Waals surface area contributed by atoms with Gasteiger partial charge in [0.25, 0.3) is 0 Å². The van der Waals surface area contributed by atoms with Gasteiger partial charge >= 0.3 is 5.97 Å². The number of alkyl halides is 1. The summed E-state index contributed by atoms with van der Waals surface area (Å²) in [7, 11) is 0. The van der Waals surface area contributed by atoms with Gasteiger partial charge in [-0.15, -0.1) is 11.6 Å². The molecule has 3 atom stereocenters. The fraction of sp³-hybridized carbons (Fsp3) is 0.594. The summed E-state index contributed by atoms with van der Waals surface area (Å²) in [6, 6.07) is 21.0. The van der Waals surface area contributed by atoms with Crippen LogP contribution in [0.25, 0.3) is 0 Å². The first-order chi connectivity index (χ1) is 17.7. The van der Waals surface area contributed by atoms with Gasteiger partial charge in [0, 0.05) is 24.5 Å². The lowest BCUT2D eigenvalue weighted by atomic mass is 9.96. The van der Waals surface area contributed by atoms with Crippen molar-refractivity contribution < 1.29 is 14.3 Å². The van der Waals surface area contributed by atoms with Crippen LogP contribution in [0.3, 0.4) is 0 Å². The van der Waals surface area contributed by atoms with E-state index in [1.807, 2.05) is 45.0 Å². The molecule has 0 aromatic heterocycles. The molecule has 0 aliphatic carbocycles. The zero-order chi connectivity index (χ0) is 27.1. The van der Waals surface area contributed by atoms with E-state index in [4.69, 9.17) is 21.1 Å². The normalized spacial score (nSPS) is 14.4. The van der Waals surface area contributed by atoms with Gasteiger partial charge in [-0.3, -0.25) is 9.69 Å². The molecule has 5 heteroatoms. The average molecular weight is 530 g/mol. The number of halogens is 1. The number of ether oxygens (including phenoxy) is 2. The first kappa shape index (κ1) is 31.3. The van der Waals surface area contributed by atoms with Crippen molar-refractivity contribution in [2.24, 2.45) is 0 Å². The predicted molar refractivity (Wildman–Crippen MR) is 155 cm³/mol. The van der Waals surface area contributed by atoms with Crippen molar-refractivity contribution in [3.8, 4) is 0 Å². The van der Waals surface area contributed by atoms with E-state index < -0.39 is 5.60 Å². The summed E-state index contributed by atoms with van der Waals surface area (Å²) in [6.07, 6.45) is 6.46. The molecule has 0 radical (unpaired) electrons. The number of hydrogen-bond acceptors (Lipinski definition) is 4. The van der Waals surface area contributed by atoms with Gasteiger partial charge in [-0.1, -0.05) is 86.8 Å². The second kappa shape index (κ2) is 16.9. The Balaban J connectivity index is 2.31. The van der Waals surface area contributed by atoms with Gasteiger partial charge in [0.2, 0.25) is 0 Å². The van der Waals surface area contributed by atoms with E-state index >= 15 is 0 Å². The molecule has 0 bridgehead atoms. The molecule has 0 aliphatic heterocycles. The Morgan fingerprint density at radius 3 is 2.22 bits per heavy atom. The lowest BCUT2D eigenvalue weighted by Gasteiger charge is -2.38. The van der Waals surface area contributed by atoms with Crippen molar-refractivity contribution in [3.05, 3.63) is 71.8 Å². The zero-order valence-electron chi connectivity index (χ0n) is 23.6. The molecule has 0 aliphatic rings. The third-order valence-corrected chi connectivity index (χ3v) is 6.88. The van der Waals surface area contributed by atoms with Crippen LogP contribution in [-0.4, -0.2) is 41.0 Å². The Morgan fingerprint density at radius 1 is 0.973 bits per heavy atom. The highest BCUT2D eigenvalue weighted by atomic mass is 35.5. The van der Waals surface area contributed by atoms with Crippen LogP contribution in [0.5, 0.6) is 0 Å². The van der Waals surface area contributed by atoms with Crippen LogP contribution in [0.15, 0.2) is 60.7 Å². The lowest BCUT2D eigenvalue weighted by Crippen LogP contribution is -2.43. The summed E-state index contributed by atoms with van der Waals surface area (Å²) in [4.78, 5) is 15.6. The van der Waals surface area contributed by atoms with E-state index in [9.17, 15) is 4.79 Å². The van der Waals surface area contributed by atoms with Crippen LogP contribution in [-0.2, 0) is 20.9 Å². The third-order valence-electron chi connectivity index (χ3n) is 6.61. The number of nitrogens with zero attached hydrogens (tertiary/aromatic N) is 1.